The van der Waals surface area contributed by atoms with Crippen LogP contribution in [0.25, 0.3) is 0 Å². The van der Waals surface area contributed by atoms with Crippen LogP contribution in [0.4, 0.5) is 5.69 Å². The number of rotatable bonds is 7. The van der Waals surface area contributed by atoms with Crippen LogP contribution in [-0.2, 0) is 6.54 Å². The van der Waals surface area contributed by atoms with Gasteiger partial charge in [0.2, 0.25) is 0 Å². The Morgan fingerprint density at radius 1 is 1.29 bits per heavy atom. The molecule has 1 saturated heterocycles. The fourth-order valence-corrected chi connectivity index (χ4v) is 3.86. The molecule has 0 aromatic heterocycles. The molecule has 1 aromatic rings. The van der Waals surface area contributed by atoms with Crippen LogP contribution in [-0.4, -0.2) is 43.7 Å². The molecule has 1 aliphatic rings. The minimum atomic E-state index is 0.702. The van der Waals surface area contributed by atoms with Gasteiger partial charge >= 0.3 is 0 Å². The van der Waals surface area contributed by atoms with Gasteiger partial charge in [-0.25, -0.2) is 0 Å². The van der Waals surface area contributed by atoms with Crippen LogP contribution in [0.5, 0.6) is 0 Å². The molecule has 1 fully saturated rings. The van der Waals surface area contributed by atoms with Crippen molar-refractivity contribution in [1.29, 1.82) is 0 Å². The molecule has 0 spiro atoms. The summed E-state index contributed by atoms with van der Waals surface area (Å²) in [6.07, 6.45) is 1.27. The average molecular weight is 354 g/mol. The summed E-state index contributed by atoms with van der Waals surface area (Å²) in [5.41, 5.74) is 2.68. The Bertz CT molecular complexity index is 446. The van der Waals surface area contributed by atoms with Gasteiger partial charge in [-0.3, -0.25) is 4.90 Å². The van der Waals surface area contributed by atoms with Gasteiger partial charge in [0.15, 0.2) is 0 Å². The van der Waals surface area contributed by atoms with E-state index in [1.54, 1.807) is 0 Å². The molecular weight excluding hydrogens is 326 g/mol. The first-order chi connectivity index (χ1) is 10.2. The van der Waals surface area contributed by atoms with Crippen LogP contribution in [0.1, 0.15) is 32.8 Å². The maximum absolute atomic E-state index is 3.76. The summed E-state index contributed by atoms with van der Waals surface area (Å²) in [5.74, 6) is 0. The number of hydrogen-bond acceptors (Lipinski definition) is 3. The second-order valence-corrected chi connectivity index (χ2v) is 6.53. The molecule has 4 heteroatoms. The number of nitrogens with zero attached hydrogens (tertiary/aromatic N) is 2. The lowest BCUT2D eigenvalue weighted by Gasteiger charge is -2.27. The van der Waals surface area contributed by atoms with Gasteiger partial charge in [-0.2, -0.15) is 0 Å². The molecule has 21 heavy (non-hydrogen) atoms. The van der Waals surface area contributed by atoms with E-state index >= 15 is 0 Å². The van der Waals surface area contributed by atoms with E-state index in [0.717, 1.165) is 39.3 Å². The maximum atomic E-state index is 3.76. The fourth-order valence-electron chi connectivity index (χ4n) is 3.18. The molecule has 0 amide bonds. The third-order valence-corrected chi connectivity index (χ3v) is 5.06. The molecule has 3 nitrogen and oxygen atoms in total. The molecule has 1 aliphatic heterocycles. The summed E-state index contributed by atoms with van der Waals surface area (Å²) >= 11 is 3.76. The summed E-state index contributed by atoms with van der Waals surface area (Å²) in [6, 6.07) is 7.46. The molecule has 1 atom stereocenters. The molecule has 0 aliphatic carbocycles. The van der Waals surface area contributed by atoms with E-state index in [0.29, 0.717) is 6.04 Å². The first kappa shape index (κ1) is 16.8. The van der Waals surface area contributed by atoms with E-state index in [1.165, 1.54) is 22.1 Å². The van der Waals surface area contributed by atoms with Crippen LogP contribution in [0.15, 0.2) is 22.7 Å². The molecule has 0 bridgehead atoms. The number of hydrogen-bond donors (Lipinski definition) is 1. The fraction of sp³-hybridized carbons (Fsp3) is 0.647. The van der Waals surface area contributed by atoms with Crippen molar-refractivity contribution >= 4 is 21.6 Å². The van der Waals surface area contributed by atoms with E-state index in [1.807, 2.05) is 0 Å². The third kappa shape index (κ3) is 4.21. The van der Waals surface area contributed by atoms with Crippen LogP contribution in [0.2, 0.25) is 0 Å². The van der Waals surface area contributed by atoms with Gasteiger partial charge in [0.25, 0.3) is 0 Å². The van der Waals surface area contributed by atoms with Gasteiger partial charge in [-0.05, 0) is 59.7 Å². The summed E-state index contributed by atoms with van der Waals surface area (Å²) in [5, 5.41) is 3.38. The molecule has 2 rings (SSSR count). The minimum Gasteiger partial charge on any atom is -0.369 e. The van der Waals surface area contributed by atoms with E-state index in [4.69, 9.17) is 0 Å². The molecule has 1 aromatic carbocycles. The monoisotopic (exact) mass is 353 g/mol. The maximum Gasteiger partial charge on any atom is 0.0511 e. The standard InChI is InChI=1S/C17H28BrN3/c1-4-19-12-14-7-8-17(16(18)11-14)21-10-9-15(13-21)20(5-2)6-3/h7-8,11,15,19H,4-6,9-10,12-13H2,1-3H3. The van der Waals surface area contributed by atoms with Gasteiger partial charge in [0.05, 0.1) is 5.69 Å². The Morgan fingerprint density at radius 2 is 2.05 bits per heavy atom. The Labute approximate surface area is 137 Å². The zero-order valence-electron chi connectivity index (χ0n) is 13.5. The van der Waals surface area contributed by atoms with Gasteiger partial charge in [0.1, 0.15) is 0 Å². The highest BCUT2D eigenvalue weighted by Crippen LogP contribution is 2.31. The summed E-state index contributed by atoms with van der Waals surface area (Å²) in [7, 11) is 0. The van der Waals surface area contributed by atoms with Crippen molar-refractivity contribution in [2.45, 2.75) is 39.8 Å². The Kier molecular flexibility index (Phi) is 6.52. The molecular formula is C17H28BrN3. The molecule has 0 radical (unpaired) electrons. The van der Waals surface area contributed by atoms with Crippen LogP contribution in [0.3, 0.4) is 0 Å². The van der Waals surface area contributed by atoms with Crippen LogP contribution < -0.4 is 10.2 Å². The topological polar surface area (TPSA) is 18.5 Å². The lowest BCUT2D eigenvalue weighted by Crippen LogP contribution is -2.37. The zero-order valence-corrected chi connectivity index (χ0v) is 15.1. The van der Waals surface area contributed by atoms with Crippen molar-refractivity contribution in [3.8, 4) is 0 Å². The summed E-state index contributed by atoms with van der Waals surface area (Å²) in [4.78, 5) is 5.09. The molecule has 0 saturated carbocycles. The van der Waals surface area contributed by atoms with Crippen molar-refractivity contribution in [1.82, 2.24) is 10.2 Å². The number of nitrogens with one attached hydrogen (secondary N) is 1. The molecule has 1 N–H and O–H groups in total. The van der Waals surface area contributed by atoms with Crippen LogP contribution in [0, 0.1) is 0 Å². The van der Waals surface area contributed by atoms with Gasteiger partial charge in [-0.15, -0.1) is 0 Å². The predicted octanol–water partition coefficient (Wildman–Crippen LogP) is 3.48. The minimum absolute atomic E-state index is 0.702. The molecule has 118 valence electrons. The van der Waals surface area contributed by atoms with E-state index in [-0.39, 0.29) is 0 Å². The number of halogens is 1. The van der Waals surface area contributed by atoms with Gasteiger partial charge in [-0.1, -0.05) is 26.8 Å². The number of anilines is 1. The molecule has 1 unspecified atom stereocenters. The second-order valence-electron chi connectivity index (χ2n) is 5.68. The predicted molar refractivity (Wildman–Crippen MR) is 95.1 cm³/mol. The lowest BCUT2D eigenvalue weighted by atomic mass is 10.2. The van der Waals surface area contributed by atoms with Crippen molar-refractivity contribution in [3.63, 3.8) is 0 Å². The highest BCUT2D eigenvalue weighted by Gasteiger charge is 2.27. The number of benzene rings is 1. The smallest absolute Gasteiger partial charge is 0.0511 e. The second kappa shape index (κ2) is 8.16. The Hall–Kier alpha value is -0.580. The zero-order chi connectivity index (χ0) is 15.2. The normalized spacial score (nSPS) is 18.7. The Balaban J connectivity index is 2.02. The average Bonchev–Trinajstić information content (AvgIpc) is 2.96. The van der Waals surface area contributed by atoms with Gasteiger partial charge in [0, 0.05) is 30.1 Å². The quantitative estimate of drug-likeness (QED) is 0.809. The van der Waals surface area contributed by atoms with Crippen molar-refractivity contribution in [2.75, 3.05) is 37.6 Å². The Morgan fingerprint density at radius 3 is 2.67 bits per heavy atom. The van der Waals surface area contributed by atoms with Crippen LogP contribution >= 0.6 is 15.9 Å². The van der Waals surface area contributed by atoms with Crippen molar-refractivity contribution < 1.29 is 0 Å². The first-order valence-corrected chi connectivity index (χ1v) is 8.97. The summed E-state index contributed by atoms with van der Waals surface area (Å²) in [6.45, 7) is 13.2. The largest absolute Gasteiger partial charge is 0.369 e. The van der Waals surface area contributed by atoms with Gasteiger partial charge < -0.3 is 10.2 Å². The van der Waals surface area contributed by atoms with E-state index in [9.17, 15) is 0 Å². The molecule has 1 heterocycles. The highest BCUT2D eigenvalue weighted by molar-refractivity contribution is 9.10. The van der Waals surface area contributed by atoms with E-state index < -0.39 is 0 Å². The summed E-state index contributed by atoms with van der Waals surface area (Å²) < 4.78 is 1.22. The third-order valence-electron chi connectivity index (χ3n) is 4.42. The SMILES string of the molecule is CCNCc1ccc(N2CCC(N(CC)CC)C2)c(Br)c1. The highest BCUT2D eigenvalue weighted by atomic mass is 79.9. The first-order valence-electron chi connectivity index (χ1n) is 8.17. The lowest BCUT2D eigenvalue weighted by molar-refractivity contribution is 0.232. The van der Waals surface area contributed by atoms with Crippen molar-refractivity contribution in [2.24, 2.45) is 0 Å². The van der Waals surface area contributed by atoms with E-state index in [2.05, 4.69) is 70.0 Å². The number of likely N-dealkylation sites (N-methyl/N-ethyl adjacent to an activating group) is 1. The van der Waals surface area contributed by atoms with Crippen molar-refractivity contribution in [3.05, 3.63) is 28.2 Å².